The van der Waals surface area contributed by atoms with E-state index in [2.05, 4.69) is 56.1 Å². The monoisotopic (exact) mass is 443 g/mol. The molecule has 0 saturated heterocycles. The van der Waals surface area contributed by atoms with Crippen LogP contribution in [0.25, 0.3) is 11.3 Å². The number of benzene rings is 1. The minimum atomic E-state index is 0. The first kappa shape index (κ1) is 15.4. The number of hydrogen-bond acceptors (Lipinski definition) is 1. The van der Waals surface area contributed by atoms with Crippen molar-refractivity contribution in [1.82, 2.24) is 4.98 Å². The van der Waals surface area contributed by atoms with Gasteiger partial charge in [0.25, 0.3) is 0 Å². The zero-order valence-corrected chi connectivity index (χ0v) is 14.6. The van der Waals surface area contributed by atoms with Gasteiger partial charge in [-0.15, -0.1) is 35.4 Å². The Bertz CT molecular complexity index is 560. The van der Waals surface area contributed by atoms with Gasteiger partial charge < -0.3 is 4.98 Å². The first-order valence-electron chi connectivity index (χ1n) is 7.14. The molecule has 0 fully saturated rings. The van der Waals surface area contributed by atoms with Crippen molar-refractivity contribution in [2.75, 3.05) is 0 Å². The largest absolute Gasteiger partial charge is 0.304 e. The Balaban J connectivity index is 0.00000147. The summed E-state index contributed by atoms with van der Waals surface area (Å²) in [6.07, 6.45) is 4.28. The van der Waals surface area contributed by atoms with Crippen LogP contribution >= 0.6 is 0 Å². The third kappa shape index (κ3) is 2.25. The molecule has 0 bridgehead atoms. The Morgan fingerprint density at radius 2 is 2.00 bits per heavy atom. The zero-order valence-electron chi connectivity index (χ0n) is 12.2. The molecule has 2 aromatic rings. The molecular formula is C18H20IrN-. The SMILES string of the molecule is CCC(C)CC1(C)c2ccc[c-]c2-c2ncccc21.[Ir]. The number of rotatable bonds is 3. The molecule has 0 N–H and O–H groups in total. The number of hydrogen-bond donors (Lipinski definition) is 0. The van der Waals surface area contributed by atoms with Gasteiger partial charge in [0, 0.05) is 26.3 Å². The van der Waals surface area contributed by atoms with E-state index >= 15 is 0 Å². The summed E-state index contributed by atoms with van der Waals surface area (Å²) in [5.41, 5.74) is 5.18. The fourth-order valence-corrected chi connectivity index (χ4v) is 3.35. The molecule has 1 aromatic carbocycles. The average Bonchev–Trinajstić information content (AvgIpc) is 2.70. The van der Waals surface area contributed by atoms with Gasteiger partial charge in [-0.1, -0.05) is 38.8 Å². The molecular weight excluding hydrogens is 422 g/mol. The summed E-state index contributed by atoms with van der Waals surface area (Å²) in [6, 6.07) is 14.0. The quantitative estimate of drug-likeness (QED) is 0.633. The van der Waals surface area contributed by atoms with Crippen LogP contribution in [0.3, 0.4) is 0 Å². The summed E-state index contributed by atoms with van der Waals surface area (Å²) < 4.78 is 0. The van der Waals surface area contributed by atoms with Crippen molar-refractivity contribution in [3.63, 3.8) is 0 Å². The summed E-state index contributed by atoms with van der Waals surface area (Å²) >= 11 is 0. The van der Waals surface area contributed by atoms with E-state index < -0.39 is 0 Å². The molecule has 20 heavy (non-hydrogen) atoms. The fraction of sp³-hybridized carbons (Fsp3) is 0.389. The average molecular weight is 443 g/mol. The topological polar surface area (TPSA) is 12.9 Å². The van der Waals surface area contributed by atoms with Crippen molar-refractivity contribution in [3.05, 3.63) is 53.7 Å². The normalized spacial score (nSPS) is 20.8. The maximum absolute atomic E-state index is 4.60. The van der Waals surface area contributed by atoms with E-state index in [9.17, 15) is 0 Å². The zero-order chi connectivity index (χ0) is 13.5. The van der Waals surface area contributed by atoms with Crippen molar-refractivity contribution in [3.8, 4) is 11.3 Å². The second kappa shape index (κ2) is 5.79. The van der Waals surface area contributed by atoms with Gasteiger partial charge >= 0.3 is 0 Å². The first-order chi connectivity index (χ1) is 9.16. The molecule has 1 heterocycles. The van der Waals surface area contributed by atoms with E-state index in [1.54, 1.807) is 0 Å². The minimum absolute atomic E-state index is 0. The molecule has 0 aliphatic heterocycles. The molecule has 0 spiro atoms. The standard InChI is InChI=1S/C18H20N.Ir/c1-4-13(2)12-18(3)15-9-6-5-8-14(15)17-16(18)10-7-11-19-17;/h5-7,9-11,13H,4,12H2,1-3H3;/q-1;. The fourth-order valence-electron chi connectivity index (χ4n) is 3.35. The molecule has 1 nitrogen and oxygen atoms in total. The van der Waals surface area contributed by atoms with E-state index in [4.69, 9.17) is 0 Å². The van der Waals surface area contributed by atoms with E-state index in [-0.39, 0.29) is 25.5 Å². The Kier molecular flexibility index (Phi) is 4.46. The van der Waals surface area contributed by atoms with Crippen LogP contribution in [-0.2, 0) is 25.5 Å². The van der Waals surface area contributed by atoms with Crippen LogP contribution in [0.2, 0.25) is 0 Å². The Morgan fingerprint density at radius 1 is 1.25 bits per heavy atom. The van der Waals surface area contributed by atoms with Crippen LogP contribution in [0.4, 0.5) is 0 Å². The smallest absolute Gasteiger partial charge is 0.0160 e. The van der Waals surface area contributed by atoms with Gasteiger partial charge in [0.15, 0.2) is 0 Å². The van der Waals surface area contributed by atoms with E-state index in [0.29, 0.717) is 5.92 Å². The molecule has 2 heteroatoms. The van der Waals surface area contributed by atoms with E-state index in [1.165, 1.54) is 29.5 Å². The summed E-state index contributed by atoms with van der Waals surface area (Å²) in [5, 5.41) is 0. The van der Waals surface area contributed by atoms with E-state index in [1.807, 2.05) is 12.3 Å². The van der Waals surface area contributed by atoms with Gasteiger partial charge in [0.2, 0.25) is 0 Å². The van der Waals surface area contributed by atoms with Gasteiger partial charge in [-0.2, -0.15) is 0 Å². The molecule has 2 atom stereocenters. The molecule has 107 valence electrons. The predicted molar refractivity (Wildman–Crippen MR) is 79.0 cm³/mol. The summed E-state index contributed by atoms with van der Waals surface area (Å²) in [7, 11) is 0. The Hall–Kier alpha value is -0.981. The predicted octanol–water partition coefficient (Wildman–Crippen LogP) is 4.60. The summed E-state index contributed by atoms with van der Waals surface area (Å²) in [5.74, 6) is 0.712. The maximum atomic E-state index is 4.60. The Labute approximate surface area is 135 Å². The van der Waals surface area contributed by atoms with E-state index in [0.717, 1.165) is 5.69 Å². The van der Waals surface area contributed by atoms with Crippen LogP contribution in [0.5, 0.6) is 0 Å². The van der Waals surface area contributed by atoms with Crippen molar-refractivity contribution < 1.29 is 20.1 Å². The minimum Gasteiger partial charge on any atom is -0.304 e. The van der Waals surface area contributed by atoms with Crippen molar-refractivity contribution in [1.29, 1.82) is 0 Å². The van der Waals surface area contributed by atoms with Crippen LogP contribution in [0.1, 0.15) is 44.7 Å². The van der Waals surface area contributed by atoms with Crippen LogP contribution in [0.15, 0.2) is 36.5 Å². The van der Waals surface area contributed by atoms with Crippen molar-refractivity contribution >= 4 is 0 Å². The van der Waals surface area contributed by atoms with Crippen molar-refractivity contribution in [2.45, 2.75) is 39.0 Å². The van der Waals surface area contributed by atoms with Gasteiger partial charge in [0.05, 0.1) is 0 Å². The molecule has 2 unspecified atom stereocenters. The van der Waals surface area contributed by atoms with Gasteiger partial charge in [-0.3, -0.25) is 0 Å². The number of fused-ring (bicyclic) bond motifs is 3. The number of pyridine rings is 1. The molecule has 1 aliphatic rings. The molecule has 0 saturated carbocycles. The number of aromatic nitrogens is 1. The molecule has 1 aliphatic carbocycles. The van der Waals surface area contributed by atoms with Crippen LogP contribution in [0, 0.1) is 12.0 Å². The maximum Gasteiger partial charge on any atom is 0.0160 e. The van der Waals surface area contributed by atoms with Gasteiger partial charge in [-0.05, 0) is 29.5 Å². The molecule has 3 rings (SSSR count). The third-order valence-corrected chi connectivity index (χ3v) is 4.54. The first-order valence-corrected chi connectivity index (χ1v) is 7.14. The summed E-state index contributed by atoms with van der Waals surface area (Å²) in [4.78, 5) is 4.60. The number of nitrogens with zero attached hydrogens (tertiary/aromatic N) is 1. The Morgan fingerprint density at radius 3 is 2.75 bits per heavy atom. The molecule has 1 aromatic heterocycles. The van der Waals surface area contributed by atoms with Gasteiger partial charge in [-0.25, -0.2) is 0 Å². The van der Waals surface area contributed by atoms with Crippen LogP contribution < -0.4 is 0 Å². The van der Waals surface area contributed by atoms with Crippen LogP contribution in [-0.4, -0.2) is 4.98 Å². The summed E-state index contributed by atoms with van der Waals surface area (Å²) in [6.45, 7) is 6.97. The van der Waals surface area contributed by atoms with Gasteiger partial charge in [0.1, 0.15) is 0 Å². The second-order valence-corrected chi connectivity index (χ2v) is 5.91. The molecule has 1 radical (unpaired) electrons. The third-order valence-electron chi connectivity index (χ3n) is 4.54. The molecule has 0 amide bonds. The second-order valence-electron chi connectivity index (χ2n) is 5.91. The van der Waals surface area contributed by atoms with Crippen molar-refractivity contribution in [2.24, 2.45) is 5.92 Å².